The molecule has 0 saturated heterocycles. The molecule has 1 aromatic rings. The summed E-state index contributed by atoms with van der Waals surface area (Å²) in [6.07, 6.45) is 19.0. The van der Waals surface area contributed by atoms with Gasteiger partial charge >= 0.3 is 0 Å². The molecule has 0 spiro atoms. The van der Waals surface area contributed by atoms with E-state index in [0.29, 0.717) is 0 Å². The van der Waals surface area contributed by atoms with Crippen LogP contribution in [0.4, 0.5) is 0 Å². The van der Waals surface area contributed by atoms with Crippen molar-refractivity contribution in [2.75, 3.05) is 0 Å². The molecule has 2 aliphatic rings. The highest BCUT2D eigenvalue weighted by molar-refractivity contribution is 6.18. The molecule has 2 nitrogen and oxygen atoms in total. The van der Waals surface area contributed by atoms with Gasteiger partial charge in [0, 0.05) is 10.7 Å². The van der Waals surface area contributed by atoms with Crippen LogP contribution in [-0.4, -0.2) is 16.7 Å². The quantitative estimate of drug-likeness (QED) is 0.449. The van der Waals surface area contributed by atoms with Crippen molar-refractivity contribution in [3.63, 3.8) is 0 Å². The van der Waals surface area contributed by atoms with Crippen molar-refractivity contribution >= 4 is 17.9 Å². The lowest BCUT2D eigenvalue weighted by Crippen LogP contribution is -2.12. The first kappa shape index (κ1) is 27.7. The second-order valence-corrected chi connectivity index (χ2v) is 10.5. The molecule has 1 unspecified atom stereocenters. The number of nitrogens with zero attached hydrogens (tertiary/aromatic N) is 1. The summed E-state index contributed by atoms with van der Waals surface area (Å²) in [5.41, 5.74) is 13.6. The van der Waals surface area contributed by atoms with Crippen LogP contribution in [0, 0.1) is 6.92 Å². The van der Waals surface area contributed by atoms with Gasteiger partial charge in [0.15, 0.2) is 0 Å². The molecule has 3 heterocycles. The molecule has 192 valence electrons. The summed E-state index contributed by atoms with van der Waals surface area (Å²) < 4.78 is 0. The van der Waals surface area contributed by atoms with E-state index in [-0.39, 0.29) is 6.04 Å². The largest absolute Gasteiger partial charge is 0.355 e. The lowest BCUT2D eigenvalue weighted by molar-refractivity contribution is 0.810. The smallest absolute Gasteiger partial charge is 0.0731 e. The van der Waals surface area contributed by atoms with Crippen LogP contribution in [0.15, 0.2) is 79.9 Å². The summed E-state index contributed by atoms with van der Waals surface area (Å²) in [6.45, 7) is 20.4. The maximum Gasteiger partial charge on any atom is 0.0731 e. The predicted octanol–water partition coefficient (Wildman–Crippen LogP) is 8.13. The third kappa shape index (κ3) is 6.46. The van der Waals surface area contributed by atoms with E-state index in [0.717, 1.165) is 43.2 Å². The molecule has 0 aromatic carbocycles. The van der Waals surface area contributed by atoms with Gasteiger partial charge in [0.2, 0.25) is 0 Å². The summed E-state index contributed by atoms with van der Waals surface area (Å²) >= 11 is 0. The number of nitrogens with one attached hydrogen (secondary N) is 1. The number of hydrogen-bond acceptors (Lipinski definition) is 1. The van der Waals surface area contributed by atoms with Crippen LogP contribution in [0.1, 0.15) is 93.1 Å². The number of aliphatic imine (C=N–C) groups is 1. The maximum atomic E-state index is 5.03. The van der Waals surface area contributed by atoms with E-state index in [1.54, 1.807) is 0 Å². The van der Waals surface area contributed by atoms with Crippen molar-refractivity contribution in [2.24, 2.45) is 4.99 Å². The highest BCUT2D eigenvalue weighted by Gasteiger charge is 2.16. The van der Waals surface area contributed by atoms with Gasteiger partial charge < -0.3 is 4.98 Å². The van der Waals surface area contributed by atoms with Gasteiger partial charge in [-0.3, -0.25) is 4.99 Å². The van der Waals surface area contributed by atoms with Crippen molar-refractivity contribution in [3.05, 3.63) is 91.2 Å². The summed E-state index contributed by atoms with van der Waals surface area (Å²) in [4.78, 5) is 8.66. The fourth-order valence-electron chi connectivity index (χ4n) is 5.50. The molecule has 0 aliphatic carbocycles. The third-order valence-electron chi connectivity index (χ3n) is 7.69. The Balaban J connectivity index is 2.32. The normalized spacial score (nSPS) is 27.2. The number of allylic oxidation sites excluding steroid dienone is 10. The van der Waals surface area contributed by atoms with E-state index in [1.807, 2.05) is 0 Å². The van der Waals surface area contributed by atoms with Gasteiger partial charge in [0.25, 0.3) is 0 Å². The van der Waals surface area contributed by atoms with Gasteiger partial charge in [-0.15, -0.1) is 0 Å². The molecular formula is C34H46N2. The Kier molecular flexibility index (Phi) is 9.54. The maximum absolute atomic E-state index is 5.03. The molecule has 2 aliphatic heterocycles. The molecule has 0 fully saturated rings. The van der Waals surface area contributed by atoms with Crippen molar-refractivity contribution < 1.29 is 0 Å². The first-order valence-corrected chi connectivity index (χ1v) is 13.7. The molecule has 2 heteroatoms. The second-order valence-electron chi connectivity index (χ2n) is 10.5. The van der Waals surface area contributed by atoms with E-state index >= 15 is 0 Å². The van der Waals surface area contributed by atoms with Crippen LogP contribution in [0.2, 0.25) is 0 Å². The summed E-state index contributed by atoms with van der Waals surface area (Å²) in [5.74, 6) is 0. The number of rotatable bonds is 4. The molecule has 1 N–H and O–H groups in total. The second kappa shape index (κ2) is 12.4. The van der Waals surface area contributed by atoms with E-state index in [4.69, 9.17) is 4.99 Å². The van der Waals surface area contributed by atoms with E-state index in [1.165, 1.54) is 55.5 Å². The number of aromatic amines is 1. The highest BCUT2D eigenvalue weighted by atomic mass is 14.8. The van der Waals surface area contributed by atoms with Gasteiger partial charge in [0.05, 0.1) is 11.8 Å². The zero-order chi connectivity index (χ0) is 26.4. The summed E-state index contributed by atoms with van der Waals surface area (Å²) in [6, 6.07) is 2.42. The molecular weight excluding hydrogens is 436 g/mol. The monoisotopic (exact) mass is 482 g/mol. The van der Waals surface area contributed by atoms with Crippen LogP contribution in [-0.2, 0) is 0 Å². The van der Waals surface area contributed by atoms with Gasteiger partial charge in [-0.1, -0.05) is 44.9 Å². The number of fused-ring (bicyclic) bond motifs is 3. The van der Waals surface area contributed by atoms with E-state index < -0.39 is 0 Å². The lowest BCUT2D eigenvalue weighted by Gasteiger charge is -2.18. The van der Waals surface area contributed by atoms with Crippen molar-refractivity contribution in [2.45, 2.75) is 100 Å². The predicted molar refractivity (Wildman–Crippen MR) is 160 cm³/mol. The summed E-state index contributed by atoms with van der Waals surface area (Å²) in [7, 11) is 0. The number of aromatic nitrogens is 1. The molecule has 1 aromatic heterocycles. The fourth-order valence-corrected chi connectivity index (χ4v) is 5.50. The Hall–Kier alpha value is -2.87. The Morgan fingerprint density at radius 3 is 2.25 bits per heavy atom. The average molecular weight is 483 g/mol. The molecule has 0 amide bonds. The minimum absolute atomic E-state index is 0.191. The fraction of sp³-hybridized carbons (Fsp3) is 0.441. The molecule has 0 radical (unpaired) electrons. The van der Waals surface area contributed by atoms with E-state index in [2.05, 4.69) is 110 Å². The third-order valence-corrected chi connectivity index (χ3v) is 7.69. The Labute approximate surface area is 219 Å². The number of aryl methyl sites for hydroxylation is 1. The zero-order valence-corrected chi connectivity index (χ0v) is 24.1. The topological polar surface area (TPSA) is 28.1 Å². The lowest BCUT2D eigenvalue weighted by atomic mass is 9.88. The van der Waals surface area contributed by atoms with E-state index in [9.17, 15) is 0 Å². The zero-order valence-electron chi connectivity index (χ0n) is 24.1. The van der Waals surface area contributed by atoms with Crippen molar-refractivity contribution in [3.8, 4) is 0 Å². The van der Waals surface area contributed by atoms with Gasteiger partial charge in [-0.05, 0) is 142 Å². The number of hydrogen-bond donors (Lipinski definition) is 1. The molecule has 0 saturated carbocycles. The Bertz CT molecular complexity index is 1330. The molecule has 36 heavy (non-hydrogen) atoms. The molecule has 3 rings (SSSR count). The first-order chi connectivity index (χ1) is 17.2. The standard InChI is InChI=1S/C34H46N2/c1-10-13-32-23(5)17-24(6)33(14-11-2)27(9)28(12-3)20-29-15-16-30(35-29)21-31-18-25(7)34(36-31)19-22(4)26(32)8/h12,15-19,21,29,36H,10-11,13-14,20H2,1-9H3/b24-17-,26-22+,28-12?,31-21?,32-23+,33-27?,34-19-. The van der Waals surface area contributed by atoms with Crippen LogP contribution in [0.5, 0.6) is 0 Å². The van der Waals surface area contributed by atoms with Crippen molar-refractivity contribution in [1.82, 2.24) is 4.98 Å². The van der Waals surface area contributed by atoms with Crippen LogP contribution >= 0.6 is 0 Å². The SMILES string of the molecule is CC=C1CC2C=CC(=N2)C=c2cc(C)/c([nH]2)=C/C(C)=C(C)/C(CCC)=C(C)/C=C(/C)C(CCC)=C1C. The van der Waals surface area contributed by atoms with Crippen LogP contribution in [0.25, 0.3) is 12.2 Å². The Morgan fingerprint density at radius 2 is 1.58 bits per heavy atom. The minimum Gasteiger partial charge on any atom is -0.355 e. The highest BCUT2D eigenvalue weighted by Crippen LogP contribution is 2.31. The van der Waals surface area contributed by atoms with Crippen molar-refractivity contribution in [1.29, 1.82) is 0 Å². The molecule has 1 atom stereocenters. The van der Waals surface area contributed by atoms with Gasteiger partial charge in [0.1, 0.15) is 0 Å². The Morgan fingerprint density at radius 1 is 0.889 bits per heavy atom. The van der Waals surface area contributed by atoms with Gasteiger partial charge in [-0.25, -0.2) is 0 Å². The molecule has 4 bridgehead atoms. The average Bonchev–Trinajstić information content (AvgIpc) is 3.43. The first-order valence-electron chi connectivity index (χ1n) is 13.7. The summed E-state index contributed by atoms with van der Waals surface area (Å²) in [5, 5.41) is 2.29. The minimum atomic E-state index is 0.191. The van der Waals surface area contributed by atoms with Crippen LogP contribution < -0.4 is 10.7 Å². The van der Waals surface area contributed by atoms with Crippen LogP contribution in [0.3, 0.4) is 0 Å². The number of H-pyrrole nitrogens is 1. The van der Waals surface area contributed by atoms with Gasteiger partial charge in [-0.2, -0.15) is 0 Å².